The monoisotopic (exact) mass is 783 g/mol. The largest absolute Gasteiger partial charge is 0.387 e. The van der Waals surface area contributed by atoms with Crippen LogP contribution < -0.4 is 10.6 Å². The van der Waals surface area contributed by atoms with Crippen LogP contribution in [0.25, 0.3) is 37.4 Å². The topological polar surface area (TPSA) is 160 Å². The molecule has 4 atom stereocenters. The molecule has 4 N–H and O–H groups in total. The highest BCUT2D eigenvalue weighted by Gasteiger charge is 2.39. The number of nitrogens with one attached hydrogen (secondary N) is 3. The van der Waals surface area contributed by atoms with Crippen molar-refractivity contribution in [3.8, 4) is 22.4 Å². The Labute approximate surface area is 329 Å². The number of H-pyrrole nitrogens is 1. The van der Waals surface area contributed by atoms with E-state index in [2.05, 4.69) is 55.6 Å². The third kappa shape index (κ3) is 7.76. The number of hydrogen-bond donors (Lipinski definition) is 4. The Morgan fingerprint density at radius 3 is 2.07 bits per heavy atom. The number of aromatic nitrogens is 2. The molecule has 4 amide bonds. The molecule has 14 heteroatoms. The van der Waals surface area contributed by atoms with E-state index in [0.717, 1.165) is 54.0 Å². The van der Waals surface area contributed by atoms with E-state index in [1.54, 1.807) is 27.6 Å². The number of likely N-dealkylation sites (tertiary alicyclic amines) is 2. The first-order valence-corrected chi connectivity index (χ1v) is 20.9. The quantitative estimate of drug-likeness (QED) is 0.135. The first-order valence-electron chi connectivity index (χ1n) is 19.1. The highest BCUT2D eigenvalue weighted by molar-refractivity contribution is 7.27. The van der Waals surface area contributed by atoms with Gasteiger partial charge in [0, 0.05) is 60.2 Å². The number of allylic oxidation sites excluding steroid dienone is 1. The fraction of sp³-hybridized carbons (Fsp3) is 0.463. The van der Waals surface area contributed by atoms with Gasteiger partial charge >= 0.3 is 0 Å². The standard InChI is InChI=1S/C41H49N7O5S2/c1-22(2)35(44-24(5)50)40(52)47-14-6-8-32(47)30-16-27(17-42-30)29-21-55-37-28(20-54-38(29)37)25-10-12-26(13-11-25)31-18-43-39(45-31)33-9-7-15-48(33)41(53)36(23(3)4)46-34(51)19-49/h10-13,17-18,20-23,32-33,35-36,49H,6-9,14-16,19H2,1-5H3,(H,43,45)(H,44,50)(H,46,51)/t32?,33?,35-,36+/m1/s1. The van der Waals surface area contributed by atoms with Crippen molar-refractivity contribution >= 4 is 67.0 Å². The summed E-state index contributed by atoms with van der Waals surface area (Å²) in [7, 11) is 0. The Morgan fingerprint density at radius 2 is 1.44 bits per heavy atom. The van der Waals surface area contributed by atoms with Crippen molar-refractivity contribution in [2.24, 2.45) is 16.8 Å². The lowest BCUT2D eigenvalue weighted by Crippen LogP contribution is -2.53. The van der Waals surface area contributed by atoms with Gasteiger partial charge in [0.1, 0.15) is 24.5 Å². The zero-order valence-electron chi connectivity index (χ0n) is 31.9. The number of imidazole rings is 1. The predicted molar refractivity (Wildman–Crippen MR) is 217 cm³/mol. The normalized spacial score (nSPS) is 19.6. The minimum atomic E-state index is -0.716. The number of thiophene rings is 2. The maximum Gasteiger partial charge on any atom is 0.246 e. The molecule has 3 aromatic heterocycles. The zero-order chi connectivity index (χ0) is 39.0. The Hall–Kier alpha value is -4.66. The van der Waals surface area contributed by atoms with Crippen LogP contribution in [0.4, 0.5) is 0 Å². The molecule has 55 heavy (non-hydrogen) atoms. The third-order valence-electron chi connectivity index (χ3n) is 10.9. The lowest BCUT2D eigenvalue weighted by atomic mass is 9.98. The number of aliphatic hydroxyl groups is 1. The fourth-order valence-electron chi connectivity index (χ4n) is 8.05. The van der Waals surface area contributed by atoms with E-state index in [-0.39, 0.29) is 41.6 Å². The summed E-state index contributed by atoms with van der Waals surface area (Å²) >= 11 is 3.48. The van der Waals surface area contributed by atoms with E-state index in [1.165, 1.54) is 33.0 Å². The maximum atomic E-state index is 13.6. The number of rotatable bonds is 12. The molecule has 12 nitrogen and oxygen atoms in total. The number of hydrogen-bond acceptors (Lipinski definition) is 9. The zero-order valence-corrected chi connectivity index (χ0v) is 33.6. The number of benzene rings is 1. The lowest BCUT2D eigenvalue weighted by Gasteiger charge is -2.31. The summed E-state index contributed by atoms with van der Waals surface area (Å²) in [5.74, 6) is -0.370. The van der Waals surface area contributed by atoms with Crippen LogP contribution in [-0.2, 0) is 19.2 Å². The van der Waals surface area contributed by atoms with Crippen LogP contribution in [0.5, 0.6) is 0 Å². The van der Waals surface area contributed by atoms with Gasteiger partial charge in [0.05, 0.1) is 33.4 Å². The SMILES string of the molecule is CC(=O)N[C@@H](C(=O)N1CCCC1C1=NC=C(c2csc3c(-c4ccc(-c5cnc(C6CCCN6C(=O)[C@@H](NC(=O)CO)C(C)C)[nH]5)cc4)csc23)C1)C(C)C. The molecular formula is C41H49N7O5S2. The Morgan fingerprint density at radius 1 is 0.855 bits per heavy atom. The molecule has 2 saturated heterocycles. The van der Waals surface area contributed by atoms with Crippen LogP contribution in [0.1, 0.15) is 84.2 Å². The molecule has 3 aliphatic heterocycles. The van der Waals surface area contributed by atoms with Crippen LogP contribution in [0.15, 0.2) is 52.4 Å². The minimum Gasteiger partial charge on any atom is -0.387 e. The number of nitrogens with zero attached hydrogens (tertiary/aromatic N) is 4. The molecule has 7 rings (SSSR count). The molecule has 290 valence electrons. The molecule has 6 heterocycles. The Balaban J connectivity index is 1.02. The van der Waals surface area contributed by atoms with Crippen LogP contribution in [-0.4, -0.2) is 92.0 Å². The fourth-order valence-corrected chi connectivity index (χ4v) is 10.5. The molecule has 1 aromatic carbocycles. The molecule has 2 fully saturated rings. The molecule has 0 aliphatic carbocycles. The van der Waals surface area contributed by atoms with Crippen molar-refractivity contribution in [1.82, 2.24) is 30.4 Å². The minimum absolute atomic E-state index is 0.00903. The van der Waals surface area contributed by atoms with Gasteiger partial charge in [-0.3, -0.25) is 24.2 Å². The number of aliphatic hydroxyl groups excluding tert-OH is 1. The van der Waals surface area contributed by atoms with Gasteiger partial charge in [-0.15, -0.1) is 22.7 Å². The van der Waals surface area contributed by atoms with Crippen molar-refractivity contribution in [1.29, 1.82) is 0 Å². The van der Waals surface area contributed by atoms with Gasteiger partial charge in [-0.05, 0) is 54.2 Å². The number of carbonyl (C=O) groups is 4. The molecule has 0 radical (unpaired) electrons. The van der Waals surface area contributed by atoms with E-state index in [1.807, 2.05) is 45.0 Å². The Kier molecular flexibility index (Phi) is 11.4. The van der Waals surface area contributed by atoms with Crippen molar-refractivity contribution in [3.05, 3.63) is 58.8 Å². The number of aliphatic imine (C=N–C) groups is 1. The molecule has 3 aliphatic rings. The van der Waals surface area contributed by atoms with Crippen LogP contribution in [0, 0.1) is 11.8 Å². The van der Waals surface area contributed by atoms with E-state index >= 15 is 0 Å². The highest BCUT2D eigenvalue weighted by atomic mass is 32.1. The van der Waals surface area contributed by atoms with Crippen LogP contribution in [0.2, 0.25) is 0 Å². The number of fused-ring (bicyclic) bond motifs is 1. The first-order chi connectivity index (χ1) is 26.4. The second kappa shape index (κ2) is 16.2. The summed E-state index contributed by atoms with van der Waals surface area (Å²) in [6.07, 6.45) is 7.88. The summed E-state index contributed by atoms with van der Waals surface area (Å²) < 4.78 is 2.47. The predicted octanol–water partition coefficient (Wildman–Crippen LogP) is 6.15. The smallest absolute Gasteiger partial charge is 0.246 e. The molecular weight excluding hydrogens is 735 g/mol. The van der Waals surface area contributed by atoms with Crippen LogP contribution in [0.3, 0.4) is 0 Å². The van der Waals surface area contributed by atoms with Gasteiger partial charge in [0.25, 0.3) is 0 Å². The first kappa shape index (κ1) is 38.6. The van der Waals surface area contributed by atoms with Gasteiger partial charge in [0.2, 0.25) is 23.6 Å². The summed E-state index contributed by atoms with van der Waals surface area (Å²) in [4.78, 5) is 67.6. The summed E-state index contributed by atoms with van der Waals surface area (Å²) in [6, 6.07) is 6.90. The van der Waals surface area contributed by atoms with Gasteiger partial charge in [0.15, 0.2) is 0 Å². The summed E-state index contributed by atoms with van der Waals surface area (Å²) in [5.41, 5.74) is 7.54. The van der Waals surface area contributed by atoms with Crippen molar-refractivity contribution in [2.75, 3.05) is 19.7 Å². The average molecular weight is 784 g/mol. The van der Waals surface area contributed by atoms with E-state index in [9.17, 15) is 24.3 Å². The second-order valence-corrected chi connectivity index (χ2v) is 17.2. The molecule has 2 unspecified atom stereocenters. The van der Waals surface area contributed by atoms with Crippen molar-refractivity contribution < 1.29 is 24.3 Å². The molecule has 4 aromatic rings. The van der Waals surface area contributed by atoms with E-state index in [4.69, 9.17) is 4.99 Å². The number of amides is 4. The Bertz CT molecular complexity index is 2150. The van der Waals surface area contributed by atoms with E-state index in [0.29, 0.717) is 19.5 Å². The van der Waals surface area contributed by atoms with E-state index < -0.39 is 24.6 Å². The maximum absolute atomic E-state index is 13.6. The third-order valence-corrected chi connectivity index (χ3v) is 13.1. The summed E-state index contributed by atoms with van der Waals surface area (Å²) in [6.45, 7) is 9.74. The second-order valence-electron chi connectivity index (χ2n) is 15.4. The average Bonchev–Trinajstić information content (AvgIpc) is 4.01. The van der Waals surface area contributed by atoms with Gasteiger partial charge in [-0.25, -0.2) is 4.98 Å². The van der Waals surface area contributed by atoms with Crippen molar-refractivity contribution in [3.63, 3.8) is 0 Å². The molecule has 0 bridgehead atoms. The van der Waals surface area contributed by atoms with Crippen molar-refractivity contribution in [2.45, 2.75) is 90.9 Å². The molecule has 0 saturated carbocycles. The molecule has 0 spiro atoms. The van der Waals surface area contributed by atoms with Crippen LogP contribution >= 0.6 is 22.7 Å². The highest BCUT2D eigenvalue weighted by Crippen LogP contribution is 2.44. The number of aromatic amines is 1. The van der Waals surface area contributed by atoms with Gasteiger partial charge < -0.3 is 30.5 Å². The number of carbonyl (C=O) groups excluding carboxylic acids is 4. The van der Waals surface area contributed by atoms with Gasteiger partial charge in [-0.1, -0.05) is 52.0 Å². The lowest BCUT2D eigenvalue weighted by molar-refractivity contribution is -0.139. The van der Waals surface area contributed by atoms with Gasteiger partial charge in [-0.2, -0.15) is 0 Å². The summed E-state index contributed by atoms with van der Waals surface area (Å²) in [5, 5.41) is 19.2.